The highest BCUT2D eigenvalue weighted by atomic mass is 35.5. The van der Waals surface area contributed by atoms with Crippen LogP contribution >= 0.6 is 11.6 Å². The number of hydrogen-bond acceptors (Lipinski definition) is 3. The standard InChI is InChI=1S/C24H19ClO3/c1-15-7-8-16(2)18(11-15)14-27-19-9-10-20-22(13-19)28-23(24(20)26)12-17-5-3-4-6-21(17)25/h3-13H,14H2,1-2H3/b23-12-. The minimum atomic E-state index is -0.156. The highest BCUT2D eigenvalue weighted by Gasteiger charge is 2.28. The van der Waals surface area contributed by atoms with E-state index < -0.39 is 0 Å². The lowest BCUT2D eigenvalue weighted by atomic mass is 10.1. The summed E-state index contributed by atoms with van der Waals surface area (Å²) in [5, 5.41) is 0.569. The third-order valence-electron chi connectivity index (χ3n) is 4.73. The van der Waals surface area contributed by atoms with Crippen molar-refractivity contribution in [2.45, 2.75) is 20.5 Å². The van der Waals surface area contributed by atoms with E-state index in [0.717, 1.165) is 11.1 Å². The maximum Gasteiger partial charge on any atom is 0.231 e. The van der Waals surface area contributed by atoms with Gasteiger partial charge in [0.2, 0.25) is 5.78 Å². The van der Waals surface area contributed by atoms with Crippen LogP contribution in [-0.4, -0.2) is 5.78 Å². The number of hydrogen-bond donors (Lipinski definition) is 0. The third-order valence-corrected chi connectivity index (χ3v) is 5.08. The predicted molar refractivity (Wildman–Crippen MR) is 111 cm³/mol. The van der Waals surface area contributed by atoms with E-state index in [4.69, 9.17) is 21.1 Å². The molecule has 0 atom stereocenters. The van der Waals surface area contributed by atoms with E-state index in [0.29, 0.717) is 28.7 Å². The van der Waals surface area contributed by atoms with Gasteiger partial charge in [-0.05, 0) is 54.8 Å². The normalized spacial score (nSPS) is 14.1. The molecule has 1 aliphatic rings. The van der Waals surface area contributed by atoms with Crippen LogP contribution in [0.15, 0.2) is 66.4 Å². The summed E-state index contributed by atoms with van der Waals surface area (Å²) in [5.74, 6) is 1.26. The highest BCUT2D eigenvalue weighted by Crippen LogP contribution is 2.35. The molecule has 0 radical (unpaired) electrons. The van der Waals surface area contributed by atoms with Crippen LogP contribution in [0.3, 0.4) is 0 Å². The van der Waals surface area contributed by atoms with Gasteiger partial charge in [-0.2, -0.15) is 0 Å². The number of rotatable bonds is 4. The number of allylic oxidation sites excluding steroid dienone is 1. The Labute approximate surface area is 169 Å². The second kappa shape index (κ2) is 7.53. The fraction of sp³-hybridized carbons (Fsp3) is 0.125. The number of Topliss-reactive ketones (excluding diaryl/α,β-unsaturated/α-hetero) is 1. The number of aryl methyl sites for hydroxylation is 2. The van der Waals surface area contributed by atoms with Crippen LogP contribution in [0, 0.1) is 13.8 Å². The molecule has 0 saturated carbocycles. The smallest absolute Gasteiger partial charge is 0.231 e. The lowest BCUT2D eigenvalue weighted by Gasteiger charge is -2.10. The molecule has 0 aromatic heterocycles. The molecule has 0 unspecified atom stereocenters. The molecule has 0 fully saturated rings. The van der Waals surface area contributed by atoms with Crippen LogP contribution in [0.4, 0.5) is 0 Å². The third kappa shape index (κ3) is 3.67. The molecule has 0 bridgehead atoms. The molecule has 140 valence electrons. The van der Waals surface area contributed by atoms with Crippen molar-refractivity contribution < 1.29 is 14.3 Å². The molecule has 0 spiro atoms. The van der Waals surface area contributed by atoms with Gasteiger partial charge in [-0.15, -0.1) is 0 Å². The van der Waals surface area contributed by atoms with Crippen molar-refractivity contribution in [1.82, 2.24) is 0 Å². The quantitative estimate of drug-likeness (QED) is 0.501. The van der Waals surface area contributed by atoms with Gasteiger partial charge in [0.1, 0.15) is 18.1 Å². The first-order valence-corrected chi connectivity index (χ1v) is 9.41. The van der Waals surface area contributed by atoms with E-state index in [2.05, 4.69) is 32.0 Å². The van der Waals surface area contributed by atoms with Crippen molar-refractivity contribution in [2.75, 3.05) is 0 Å². The van der Waals surface area contributed by atoms with Crippen LogP contribution in [0.2, 0.25) is 5.02 Å². The topological polar surface area (TPSA) is 35.5 Å². The van der Waals surface area contributed by atoms with Gasteiger partial charge in [0.05, 0.1) is 5.56 Å². The summed E-state index contributed by atoms with van der Waals surface area (Å²) in [6.07, 6.45) is 1.67. The Morgan fingerprint density at radius 2 is 1.86 bits per heavy atom. The molecule has 3 aromatic rings. The molecule has 3 nitrogen and oxygen atoms in total. The second-order valence-corrected chi connectivity index (χ2v) is 7.25. The number of ether oxygens (including phenoxy) is 2. The van der Waals surface area contributed by atoms with Gasteiger partial charge in [-0.3, -0.25) is 4.79 Å². The van der Waals surface area contributed by atoms with Crippen LogP contribution in [0.5, 0.6) is 11.5 Å². The van der Waals surface area contributed by atoms with Crippen molar-refractivity contribution in [3.8, 4) is 11.5 Å². The zero-order valence-electron chi connectivity index (χ0n) is 15.7. The first kappa shape index (κ1) is 18.3. The summed E-state index contributed by atoms with van der Waals surface area (Å²) in [7, 11) is 0. The Kier molecular flexibility index (Phi) is 4.93. The van der Waals surface area contributed by atoms with Gasteiger partial charge in [0.15, 0.2) is 5.76 Å². The molecule has 1 heterocycles. The predicted octanol–water partition coefficient (Wildman–Crippen LogP) is 6.15. The number of benzene rings is 3. The van der Waals surface area contributed by atoms with Crippen molar-refractivity contribution in [2.24, 2.45) is 0 Å². The van der Waals surface area contributed by atoms with Crippen LogP contribution in [-0.2, 0) is 6.61 Å². The first-order chi connectivity index (χ1) is 13.5. The molecule has 28 heavy (non-hydrogen) atoms. The number of carbonyl (C=O) groups is 1. The van der Waals surface area contributed by atoms with Crippen LogP contribution < -0.4 is 9.47 Å². The average Bonchev–Trinajstić information content (AvgIpc) is 2.99. The van der Waals surface area contributed by atoms with Crippen molar-refractivity contribution in [3.05, 3.63) is 99.3 Å². The van der Waals surface area contributed by atoms with E-state index in [1.54, 1.807) is 30.3 Å². The molecule has 0 N–H and O–H groups in total. The van der Waals surface area contributed by atoms with E-state index in [1.807, 2.05) is 18.2 Å². The zero-order valence-corrected chi connectivity index (χ0v) is 16.4. The lowest BCUT2D eigenvalue weighted by Crippen LogP contribution is -1.99. The fourth-order valence-electron chi connectivity index (χ4n) is 3.11. The Balaban J connectivity index is 1.54. The number of ketones is 1. The SMILES string of the molecule is Cc1ccc(C)c(COc2ccc3c(c2)O/C(=C\c2ccccc2Cl)C3=O)c1. The summed E-state index contributed by atoms with van der Waals surface area (Å²) in [6, 6.07) is 18.9. The van der Waals surface area contributed by atoms with Crippen molar-refractivity contribution in [1.29, 1.82) is 0 Å². The molecule has 4 rings (SSSR count). The molecule has 4 heteroatoms. The molecule has 1 aliphatic heterocycles. The summed E-state index contributed by atoms with van der Waals surface area (Å²) >= 11 is 6.18. The fourth-order valence-corrected chi connectivity index (χ4v) is 3.30. The van der Waals surface area contributed by atoms with Crippen LogP contribution in [0.1, 0.15) is 32.6 Å². The Hall–Kier alpha value is -3.04. The van der Waals surface area contributed by atoms with Crippen LogP contribution in [0.25, 0.3) is 6.08 Å². The van der Waals surface area contributed by atoms with Crippen molar-refractivity contribution in [3.63, 3.8) is 0 Å². The van der Waals surface area contributed by atoms with Gasteiger partial charge >= 0.3 is 0 Å². The summed E-state index contributed by atoms with van der Waals surface area (Å²) in [6.45, 7) is 4.58. The number of halogens is 1. The first-order valence-electron chi connectivity index (χ1n) is 9.03. The number of carbonyl (C=O) groups excluding carboxylic acids is 1. The monoisotopic (exact) mass is 390 g/mol. The van der Waals surface area contributed by atoms with Gasteiger partial charge in [-0.25, -0.2) is 0 Å². The zero-order chi connectivity index (χ0) is 19.7. The van der Waals surface area contributed by atoms with E-state index in [9.17, 15) is 4.79 Å². The number of fused-ring (bicyclic) bond motifs is 1. The molecule has 0 amide bonds. The molecular weight excluding hydrogens is 372 g/mol. The Bertz CT molecular complexity index is 1100. The molecular formula is C24H19ClO3. The lowest BCUT2D eigenvalue weighted by molar-refractivity contribution is 0.101. The maximum atomic E-state index is 12.6. The van der Waals surface area contributed by atoms with Gasteiger partial charge in [0.25, 0.3) is 0 Å². The second-order valence-electron chi connectivity index (χ2n) is 6.84. The average molecular weight is 391 g/mol. The van der Waals surface area contributed by atoms with E-state index in [1.165, 1.54) is 11.1 Å². The Morgan fingerprint density at radius 1 is 1.04 bits per heavy atom. The highest BCUT2D eigenvalue weighted by molar-refractivity contribution is 6.32. The van der Waals surface area contributed by atoms with Gasteiger partial charge in [-0.1, -0.05) is 53.6 Å². The largest absolute Gasteiger partial charge is 0.489 e. The van der Waals surface area contributed by atoms with Gasteiger partial charge in [0, 0.05) is 11.1 Å². The Morgan fingerprint density at radius 3 is 2.68 bits per heavy atom. The van der Waals surface area contributed by atoms with E-state index in [-0.39, 0.29) is 11.5 Å². The minimum absolute atomic E-state index is 0.156. The summed E-state index contributed by atoms with van der Waals surface area (Å²) in [5.41, 5.74) is 4.78. The summed E-state index contributed by atoms with van der Waals surface area (Å²) < 4.78 is 11.7. The molecule has 0 saturated heterocycles. The van der Waals surface area contributed by atoms with Gasteiger partial charge < -0.3 is 9.47 Å². The molecule has 3 aromatic carbocycles. The minimum Gasteiger partial charge on any atom is -0.489 e. The summed E-state index contributed by atoms with van der Waals surface area (Å²) in [4.78, 5) is 12.6. The molecule has 0 aliphatic carbocycles. The van der Waals surface area contributed by atoms with E-state index >= 15 is 0 Å². The maximum absolute atomic E-state index is 12.6. The van der Waals surface area contributed by atoms with Crippen molar-refractivity contribution >= 4 is 23.5 Å².